The largest absolute Gasteiger partial charge is 0.473 e. The number of nitrogens with zero attached hydrogens (tertiary/aromatic N) is 3. The molecule has 7 aliphatic rings. The molecule has 0 aromatic rings. The van der Waals surface area contributed by atoms with Crippen molar-refractivity contribution in [3.05, 3.63) is 10.4 Å². The number of unbranched alkanes of at least 4 members (excludes halogenated alkanes) is 17. The van der Waals surface area contributed by atoms with Gasteiger partial charge in [-0.3, -0.25) is 9.05 Å². The molecule has 0 spiro atoms. The van der Waals surface area contributed by atoms with Crippen molar-refractivity contribution >= 4 is 7.82 Å². The third kappa shape index (κ3) is 41.1. The maximum Gasteiger partial charge on any atom is 0.473 e. The summed E-state index contributed by atoms with van der Waals surface area (Å²) < 4.78 is 222. The van der Waals surface area contributed by atoms with Crippen molar-refractivity contribution in [1.29, 1.82) is 0 Å². The number of fused-ring (bicyclic) bond motifs is 1. The lowest BCUT2D eigenvalue weighted by atomic mass is 9.84. The fourth-order valence-corrected chi connectivity index (χ4v) is 19.2. The fraction of sp³-hybridized carbons (Fsp3) is 1.00. The number of hydrogen-bond acceptors (Lipinski definition) is 32. The van der Waals surface area contributed by atoms with Gasteiger partial charge in [-0.05, 0) is 115 Å². The zero-order chi connectivity index (χ0) is 101. The lowest BCUT2D eigenvalue weighted by Gasteiger charge is -2.52. The minimum atomic E-state index is -4.78. The number of aliphatic hydroxyl groups is 1. The van der Waals surface area contributed by atoms with Crippen LogP contribution in [0.25, 0.3) is 10.4 Å². The molecule has 1 saturated carbocycles. The summed E-state index contributed by atoms with van der Waals surface area (Å²) in [6.07, 6.45) is -6.09. The molecular weight excluding hydrogens is 1830 g/mol. The molecule has 2 N–H and O–H groups in total. The van der Waals surface area contributed by atoms with Gasteiger partial charge in [0.2, 0.25) is 0 Å². The van der Waals surface area contributed by atoms with Gasteiger partial charge in [0.15, 0.2) is 31.5 Å². The first-order chi connectivity index (χ1) is 68.5. The second-order valence-corrected chi connectivity index (χ2v) is 39.7. The average molecular weight is 2030 g/mol. The highest BCUT2D eigenvalue weighted by Crippen LogP contribution is 2.58. The Hall–Kier alpha value is -1.70. The number of azide groups is 1. The summed E-state index contributed by atoms with van der Waals surface area (Å²) in [6.45, 7) is 40.7. The smallest absolute Gasteiger partial charge is 0.394 e. The SMILES string of the molecule is CCCCOCC1OC(OC2C(OCCCC)C(OCCCC)C(OCCCC)C3OP(=O)(O)OC23)C(N=[N+]=[N-])C(OCCCC)C1OC1OC(COC2OC(COCCCC)C(OCCCC)C(OCCCC)C2OC2OC(CO)C(OCCCC)C(OCCCC)C2OC2OC(COCCCC)C(OCCCC)C(OCCCC)C2OCCCC)C(OCCCC)C(OCCCC)C1OCCCC. The lowest BCUT2D eigenvalue weighted by Crippen LogP contribution is -2.69. The third-order valence-corrected chi connectivity index (χ3v) is 27.5. The predicted molar refractivity (Wildman–Crippen MR) is 531 cm³/mol. The molecule has 36 heteroatoms. The molecule has 6 saturated heterocycles. The van der Waals surface area contributed by atoms with E-state index < -0.39 is 205 Å². The van der Waals surface area contributed by atoms with Crippen LogP contribution in [0.3, 0.4) is 0 Å². The predicted octanol–water partition coefficient (Wildman–Crippen LogP) is 18.8. The molecule has 1 aliphatic carbocycles. The monoisotopic (exact) mass is 2030 g/mol. The molecule has 0 amide bonds. The highest BCUT2D eigenvalue weighted by atomic mass is 31.2. The Morgan fingerprint density at radius 2 is 0.464 bits per heavy atom. The number of hydrogen-bond donors (Lipinski definition) is 2. The van der Waals surface area contributed by atoms with Crippen molar-refractivity contribution < 1.29 is 152 Å². The minimum Gasteiger partial charge on any atom is -0.394 e. The zero-order valence-electron chi connectivity index (χ0n) is 89.4. The van der Waals surface area contributed by atoms with Crippen molar-refractivity contribution in [3.63, 3.8) is 0 Å². The van der Waals surface area contributed by atoms with Crippen LogP contribution in [0.5, 0.6) is 0 Å². The van der Waals surface area contributed by atoms with Gasteiger partial charge in [0.1, 0.15) is 153 Å². The molecule has 0 bridgehead atoms. The van der Waals surface area contributed by atoms with Gasteiger partial charge in [-0.25, -0.2) is 4.57 Å². The summed E-state index contributed by atoms with van der Waals surface area (Å²) in [6, 6.07) is -1.37. The van der Waals surface area contributed by atoms with Gasteiger partial charge >= 0.3 is 7.82 Å². The molecule has 32 atom stereocenters. The van der Waals surface area contributed by atoms with Gasteiger partial charge in [0.05, 0.1) is 39.1 Å². The molecule has 6 aliphatic heterocycles. The summed E-state index contributed by atoms with van der Waals surface area (Å²) in [7, 11) is -4.78. The second-order valence-electron chi connectivity index (χ2n) is 38.4. The van der Waals surface area contributed by atoms with Crippen molar-refractivity contribution in [2.45, 2.75) is 526 Å². The zero-order valence-corrected chi connectivity index (χ0v) is 90.3. The Bertz CT molecular complexity index is 3110. The minimum absolute atomic E-state index is 0.0794. The first-order valence-electron chi connectivity index (χ1n) is 55.8. The molecule has 32 unspecified atom stereocenters. The van der Waals surface area contributed by atoms with E-state index in [2.05, 4.69) is 128 Å². The molecule has 0 aromatic carbocycles. The van der Waals surface area contributed by atoms with Crippen molar-refractivity contribution in [1.82, 2.24) is 0 Å². The Morgan fingerprint density at radius 3 is 0.800 bits per heavy atom. The maximum atomic E-state index is 14.1. The van der Waals surface area contributed by atoms with Crippen LogP contribution in [0.15, 0.2) is 5.11 Å². The van der Waals surface area contributed by atoms with E-state index in [-0.39, 0.29) is 59.5 Å². The highest BCUT2D eigenvalue weighted by Gasteiger charge is 2.65. The molecule has 824 valence electrons. The van der Waals surface area contributed by atoms with Gasteiger partial charge in [-0.15, -0.1) is 0 Å². The van der Waals surface area contributed by atoms with E-state index in [4.69, 9.17) is 137 Å². The highest BCUT2D eigenvalue weighted by molar-refractivity contribution is 7.47. The van der Waals surface area contributed by atoms with Crippen LogP contribution in [-0.4, -0.2) is 345 Å². The van der Waals surface area contributed by atoms with E-state index in [9.17, 15) is 20.1 Å². The van der Waals surface area contributed by atoms with E-state index in [1.54, 1.807) is 0 Å². The number of phosphoric acid groups is 1. The van der Waals surface area contributed by atoms with E-state index >= 15 is 0 Å². The van der Waals surface area contributed by atoms with Crippen LogP contribution >= 0.6 is 7.82 Å². The van der Waals surface area contributed by atoms with Gasteiger partial charge in [-0.2, -0.15) is 0 Å². The number of rotatable bonds is 84. The van der Waals surface area contributed by atoms with Gasteiger partial charge < -0.3 is 138 Å². The first-order valence-corrected chi connectivity index (χ1v) is 57.3. The molecule has 0 radical (unpaired) electrons. The molecule has 7 fully saturated rings. The Morgan fingerprint density at radius 1 is 0.243 bits per heavy atom. The Labute approximate surface area is 842 Å². The van der Waals surface area contributed by atoms with Crippen LogP contribution in [0.1, 0.15) is 336 Å². The van der Waals surface area contributed by atoms with Gasteiger partial charge in [0.25, 0.3) is 0 Å². The third-order valence-electron chi connectivity index (χ3n) is 26.5. The summed E-state index contributed by atoms with van der Waals surface area (Å²) in [5, 5.41) is 16.6. The Kier molecular flexibility index (Phi) is 67.2. The van der Waals surface area contributed by atoms with Gasteiger partial charge in [-0.1, -0.05) is 232 Å². The van der Waals surface area contributed by atoms with Crippen LogP contribution in [0.4, 0.5) is 0 Å². The summed E-state index contributed by atoms with van der Waals surface area (Å²) in [4.78, 5) is 15.0. The molecular formula is C104H196N3O32P. The standard InChI is InChI=1S/C104H196N3O32P/c1-18-35-52-111-70-75-82(116-57-40-23-6)89(122-63-46-29-12)98(136-104-99(88(121-62-45-28-11)80(74(69-108)129-104)114-55-38-21-4)137-103-97(127-68-51-34-17)86(119-60-43-26-9)81(115-56-39-22-5)76(132-103)71-112-53-36-19-2)101(131-75)128-73-78-83(117-58-41-24-7)87(120-61-44-27-10)96(126-67-50-33-16)102(133-78)134-84-77(72-113-54-37-20-3)130-100(79(106-107-105)85(84)118-59-42-25-8)135-93-91(124-65-48-31-14)90(123-64-47-30-13)92(125-66-49-32-15)94-95(93)139-140(109,110)138-94/h74-104,108H,18-73H2,1-17H3,(H,109,110). The van der Waals surface area contributed by atoms with E-state index in [0.29, 0.717) is 156 Å². The number of phosphoric ester groups is 1. The van der Waals surface area contributed by atoms with Gasteiger partial charge in [0, 0.05) is 117 Å². The lowest BCUT2D eigenvalue weighted by molar-refractivity contribution is -0.406. The summed E-state index contributed by atoms with van der Waals surface area (Å²) in [5.74, 6) is 0. The quantitative estimate of drug-likeness (QED) is 0.0188. The molecule has 0 aromatic heterocycles. The second kappa shape index (κ2) is 75.1. The normalized spacial score (nSPS) is 33.7. The van der Waals surface area contributed by atoms with E-state index in [1.807, 2.05) is 0 Å². The van der Waals surface area contributed by atoms with E-state index in [0.717, 1.165) is 141 Å². The fourth-order valence-electron chi connectivity index (χ4n) is 18.1. The Balaban J connectivity index is 1.48. The average Bonchev–Trinajstić information content (AvgIpc) is 1.54. The molecule has 35 nitrogen and oxygen atoms in total. The maximum absolute atomic E-state index is 14.1. The van der Waals surface area contributed by atoms with Crippen LogP contribution < -0.4 is 0 Å². The molecule has 7 rings (SSSR count). The van der Waals surface area contributed by atoms with Crippen LogP contribution in [0, 0.1) is 0 Å². The van der Waals surface area contributed by atoms with Crippen LogP contribution in [-0.2, 0) is 142 Å². The number of aliphatic hydroxyl groups excluding tert-OH is 1. The topological polar surface area (TPSA) is 374 Å². The molecule has 6 heterocycles. The van der Waals surface area contributed by atoms with Crippen molar-refractivity contribution in [3.8, 4) is 0 Å². The van der Waals surface area contributed by atoms with E-state index in [1.165, 1.54) is 0 Å². The summed E-state index contributed by atoms with van der Waals surface area (Å²) >= 11 is 0. The first kappa shape index (κ1) is 125. The molecule has 140 heavy (non-hydrogen) atoms. The van der Waals surface area contributed by atoms with Crippen LogP contribution in [0.2, 0.25) is 0 Å². The number of ether oxygens (including phenoxy) is 27. The summed E-state index contributed by atoms with van der Waals surface area (Å²) in [5.41, 5.74) is 11.1. The van der Waals surface area contributed by atoms with Crippen molar-refractivity contribution in [2.75, 3.05) is 145 Å². The van der Waals surface area contributed by atoms with Crippen molar-refractivity contribution in [2.24, 2.45) is 5.11 Å².